The Balaban J connectivity index is 1.65. The molecule has 0 saturated heterocycles. The fourth-order valence-electron chi connectivity index (χ4n) is 3.21. The summed E-state index contributed by atoms with van der Waals surface area (Å²) in [6.07, 6.45) is 1.34. The first-order chi connectivity index (χ1) is 13.5. The van der Waals surface area contributed by atoms with Gasteiger partial charge < -0.3 is 20.7 Å². The van der Waals surface area contributed by atoms with Crippen molar-refractivity contribution in [3.05, 3.63) is 54.1 Å². The van der Waals surface area contributed by atoms with E-state index in [0.717, 1.165) is 24.1 Å². The van der Waals surface area contributed by atoms with Crippen LogP contribution >= 0.6 is 0 Å². The van der Waals surface area contributed by atoms with Crippen molar-refractivity contribution in [3.63, 3.8) is 0 Å². The van der Waals surface area contributed by atoms with Gasteiger partial charge in [0.15, 0.2) is 6.10 Å². The SMILES string of the molecule is CCC[C@H](NC(=O)[C@@H](C)Nc1ccc2c(c1)NC(=O)[C@H](C)O2)c1ccccc1. The largest absolute Gasteiger partial charge is 0.479 e. The predicted molar refractivity (Wildman–Crippen MR) is 110 cm³/mol. The van der Waals surface area contributed by atoms with Crippen molar-refractivity contribution in [1.29, 1.82) is 0 Å². The molecule has 0 radical (unpaired) electrons. The molecule has 0 unspecified atom stereocenters. The highest BCUT2D eigenvalue weighted by Gasteiger charge is 2.24. The minimum Gasteiger partial charge on any atom is -0.479 e. The maximum atomic E-state index is 12.7. The summed E-state index contributed by atoms with van der Waals surface area (Å²) in [7, 11) is 0. The fourth-order valence-corrected chi connectivity index (χ4v) is 3.21. The lowest BCUT2D eigenvalue weighted by Gasteiger charge is -2.25. The zero-order valence-corrected chi connectivity index (χ0v) is 16.5. The summed E-state index contributed by atoms with van der Waals surface area (Å²) in [4.78, 5) is 24.5. The van der Waals surface area contributed by atoms with Crippen molar-refractivity contribution < 1.29 is 14.3 Å². The van der Waals surface area contributed by atoms with Gasteiger partial charge >= 0.3 is 0 Å². The number of amides is 2. The Hall–Kier alpha value is -3.02. The van der Waals surface area contributed by atoms with E-state index in [4.69, 9.17) is 4.74 Å². The Morgan fingerprint density at radius 2 is 1.96 bits per heavy atom. The molecule has 1 heterocycles. The second-order valence-electron chi connectivity index (χ2n) is 7.09. The van der Waals surface area contributed by atoms with Crippen LogP contribution in [0.1, 0.15) is 45.2 Å². The molecule has 0 aromatic heterocycles. The lowest BCUT2D eigenvalue weighted by molar-refractivity contribution is -0.123. The van der Waals surface area contributed by atoms with Gasteiger partial charge in [-0.05, 0) is 44.0 Å². The summed E-state index contributed by atoms with van der Waals surface area (Å²) in [6.45, 7) is 5.63. The topological polar surface area (TPSA) is 79.5 Å². The molecule has 1 aliphatic rings. The van der Waals surface area contributed by atoms with Crippen molar-refractivity contribution >= 4 is 23.2 Å². The molecule has 0 aliphatic carbocycles. The Morgan fingerprint density at radius 3 is 2.68 bits per heavy atom. The van der Waals surface area contributed by atoms with Gasteiger partial charge in [-0.1, -0.05) is 43.7 Å². The highest BCUT2D eigenvalue weighted by atomic mass is 16.5. The standard InChI is InChI=1S/C22H27N3O3/c1-4-8-18(16-9-6-5-7-10-16)24-21(26)14(2)23-17-11-12-20-19(13-17)25-22(27)15(3)28-20/h5-7,9-15,18,23H,4,8H2,1-3H3,(H,24,26)(H,25,27)/t14-,15+,18+/m1/s1. The summed E-state index contributed by atoms with van der Waals surface area (Å²) in [5.41, 5.74) is 2.45. The zero-order valence-electron chi connectivity index (χ0n) is 16.5. The third kappa shape index (κ3) is 4.63. The third-order valence-electron chi connectivity index (χ3n) is 4.78. The average Bonchev–Trinajstić information content (AvgIpc) is 2.69. The van der Waals surface area contributed by atoms with Crippen molar-refractivity contribution in [2.24, 2.45) is 0 Å². The Kier molecular flexibility index (Phi) is 6.19. The van der Waals surface area contributed by atoms with Gasteiger partial charge in [-0.25, -0.2) is 0 Å². The molecule has 148 valence electrons. The molecule has 0 bridgehead atoms. The quantitative estimate of drug-likeness (QED) is 0.680. The molecule has 0 saturated carbocycles. The van der Waals surface area contributed by atoms with Gasteiger partial charge in [-0.2, -0.15) is 0 Å². The minimum atomic E-state index is -0.510. The number of nitrogens with one attached hydrogen (secondary N) is 3. The van der Waals surface area contributed by atoms with E-state index in [2.05, 4.69) is 22.9 Å². The monoisotopic (exact) mass is 381 g/mol. The summed E-state index contributed by atoms with van der Waals surface area (Å²) >= 11 is 0. The van der Waals surface area contributed by atoms with Crippen LogP contribution in [0, 0.1) is 0 Å². The molecule has 2 aromatic rings. The molecule has 3 atom stereocenters. The second-order valence-corrected chi connectivity index (χ2v) is 7.09. The normalized spacial score (nSPS) is 17.5. The lowest BCUT2D eigenvalue weighted by Crippen LogP contribution is -2.39. The van der Waals surface area contributed by atoms with Crippen LogP contribution in [0.2, 0.25) is 0 Å². The predicted octanol–water partition coefficient (Wildman–Crippen LogP) is 3.86. The molecule has 3 rings (SSSR count). The van der Waals surface area contributed by atoms with Gasteiger partial charge in [0.1, 0.15) is 11.8 Å². The molecule has 0 fully saturated rings. The van der Waals surface area contributed by atoms with E-state index in [9.17, 15) is 9.59 Å². The van der Waals surface area contributed by atoms with Crippen LogP contribution in [0.4, 0.5) is 11.4 Å². The molecule has 6 nitrogen and oxygen atoms in total. The van der Waals surface area contributed by atoms with Crippen molar-refractivity contribution in [2.75, 3.05) is 10.6 Å². The summed E-state index contributed by atoms with van der Waals surface area (Å²) in [5.74, 6) is 0.372. The lowest BCUT2D eigenvalue weighted by atomic mass is 10.0. The Labute approximate surface area is 165 Å². The zero-order chi connectivity index (χ0) is 20.1. The van der Waals surface area contributed by atoms with Crippen LogP contribution in [0.3, 0.4) is 0 Å². The van der Waals surface area contributed by atoms with Gasteiger partial charge in [0.05, 0.1) is 11.7 Å². The van der Waals surface area contributed by atoms with Crippen molar-refractivity contribution in [1.82, 2.24) is 5.32 Å². The first-order valence-electron chi connectivity index (χ1n) is 9.71. The van der Waals surface area contributed by atoms with E-state index < -0.39 is 12.1 Å². The van der Waals surface area contributed by atoms with Gasteiger partial charge in [-0.3, -0.25) is 9.59 Å². The van der Waals surface area contributed by atoms with Crippen LogP contribution in [0.25, 0.3) is 0 Å². The number of hydrogen-bond donors (Lipinski definition) is 3. The molecular formula is C22H27N3O3. The molecule has 2 amide bonds. The maximum absolute atomic E-state index is 12.7. The highest BCUT2D eigenvalue weighted by molar-refractivity contribution is 5.98. The first-order valence-corrected chi connectivity index (χ1v) is 9.71. The summed E-state index contributed by atoms with van der Waals surface area (Å²) < 4.78 is 5.56. The number of anilines is 2. The van der Waals surface area contributed by atoms with Gasteiger partial charge in [0.25, 0.3) is 5.91 Å². The van der Waals surface area contributed by atoms with Crippen LogP contribution in [-0.4, -0.2) is 24.0 Å². The Bertz CT molecular complexity index is 838. The van der Waals surface area contributed by atoms with E-state index in [1.54, 1.807) is 19.1 Å². The van der Waals surface area contributed by atoms with Crippen LogP contribution in [-0.2, 0) is 9.59 Å². The van der Waals surface area contributed by atoms with Gasteiger partial charge in [0, 0.05) is 5.69 Å². The molecular weight excluding hydrogens is 354 g/mol. The third-order valence-corrected chi connectivity index (χ3v) is 4.78. The maximum Gasteiger partial charge on any atom is 0.265 e. The van der Waals surface area contributed by atoms with Crippen molar-refractivity contribution in [2.45, 2.75) is 51.8 Å². The van der Waals surface area contributed by atoms with E-state index in [1.165, 1.54) is 0 Å². The van der Waals surface area contributed by atoms with Gasteiger partial charge in [-0.15, -0.1) is 0 Å². The van der Waals surface area contributed by atoms with Crippen molar-refractivity contribution in [3.8, 4) is 5.75 Å². The highest BCUT2D eigenvalue weighted by Crippen LogP contribution is 2.32. The van der Waals surface area contributed by atoms with Gasteiger partial charge in [0.2, 0.25) is 5.91 Å². The number of benzene rings is 2. The molecule has 1 aliphatic heterocycles. The number of ether oxygens (including phenoxy) is 1. The van der Waals surface area contributed by atoms with Crippen LogP contribution < -0.4 is 20.7 Å². The smallest absolute Gasteiger partial charge is 0.265 e. The number of carbonyl (C=O) groups is 2. The first kappa shape index (κ1) is 19.7. The minimum absolute atomic E-state index is 0.0133. The summed E-state index contributed by atoms with van der Waals surface area (Å²) in [6, 6.07) is 15.0. The fraction of sp³-hybridized carbons (Fsp3) is 0.364. The number of hydrogen-bond acceptors (Lipinski definition) is 4. The number of carbonyl (C=O) groups excluding carboxylic acids is 2. The molecule has 0 spiro atoms. The van der Waals surface area contributed by atoms with Crippen LogP contribution in [0.5, 0.6) is 5.75 Å². The van der Waals surface area contributed by atoms with E-state index in [0.29, 0.717) is 11.4 Å². The average molecular weight is 381 g/mol. The number of rotatable bonds is 7. The molecule has 3 N–H and O–H groups in total. The second kappa shape index (κ2) is 8.78. The van der Waals surface area contributed by atoms with E-state index in [1.807, 2.05) is 43.3 Å². The molecule has 28 heavy (non-hydrogen) atoms. The van der Waals surface area contributed by atoms with E-state index >= 15 is 0 Å². The van der Waals surface area contributed by atoms with E-state index in [-0.39, 0.29) is 17.9 Å². The Morgan fingerprint density at radius 1 is 1.21 bits per heavy atom. The van der Waals surface area contributed by atoms with Crippen LogP contribution in [0.15, 0.2) is 48.5 Å². The number of fused-ring (bicyclic) bond motifs is 1. The molecule has 6 heteroatoms. The molecule has 2 aromatic carbocycles. The summed E-state index contributed by atoms with van der Waals surface area (Å²) in [5, 5.41) is 9.15.